The summed E-state index contributed by atoms with van der Waals surface area (Å²) < 4.78 is 30.7. The fraction of sp³-hybridized carbons (Fsp3) is 0.125. The van der Waals surface area contributed by atoms with E-state index in [9.17, 15) is 8.76 Å². The molecule has 0 saturated heterocycles. The highest BCUT2D eigenvalue weighted by Gasteiger charge is 2.04. The number of nitrogens with zero attached hydrogens (tertiary/aromatic N) is 1. The lowest BCUT2D eigenvalue weighted by Gasteiger charge is -2.09. The summed E-state index contributed by atoms with van der Waals surface area (Å²) in [7, 11) is 1.65. The quantitative estimate of drug-likeness (QED) is 0.736. The van der Waals surface area contributed by atoms with Gasteiger partial charge in [-0.15, -0.1) is 0 Å². The fourth-order valence-electron chi connectivity index (χ4n) is 2.39. The van der Waals surface area contributed by atoms with E-state index in [1.54, 1.807) is 7.11 Å². The largest absolute Gasteiger partial charge is 0.760 e. The number of ether oxygens (including phenoxy) is 1. The van der Waals surface area contributed by atoms with E-state index in [0.29, 0.717) is 6.54 Å². The van der Waals surface area contributed by atoms with Crippen LogP contribution >= 0.6 is 0 Å². The van der Waals surface area contributed by atoms with Gasteiger partial charge in [-0.2, -0.15) is 0 Å². The number of aromatic nitrogens is 1. The summed E-state index contributed by atoms with van der Waals surface area (Å²) in [6.45, 7) is 0.292. The molecule has 1 atom stereocenters. The van der Waals surface area contributed by atoms with E-state index in [2.05, 4.69) is 9.29 Å². The standard InChI is InChI=1S/C16H16N2O3S/c1-21-15-6-7-16-13(10-15)8-9-18(16)14-4-2-12(3-5-14)11-17-22(19)20/h2-10,17H,11H2,1H3,(H,19,20)/p-1. The number of hydrogen-bond donors (Lipinski definition) is 1. The molecule has 0 spiro atoms. The second kappa shape index (κ2) is 6.31. The number of nitrogens with one attached hydrogen (secondary N) is 1. The van der Waals surface area contributed by atoms with Gasteiger partial charge in [0.2, 0.25) is 0 Å². The zero-order valence-corrected chi connectivity index (χ0v) is 12.8. The van der Waals surface area contributed by atoms with Crippen LogP contribution in [-0.2, 0) is 17.8 Å². The van der Waals surface area contributed by atoms with Crippen LogP contribution < -0.4 is 9.46 Å². The number of methoxy groups -OCH3 is 1. The van der Waals surface area contributed by atoms with Gasteiger partial charge in [0.1, 0.15) is 5.75 Å². The first-order valence-electron chi connectivity index (χ1n) is 6.74. The highest BCUT2D eigenvalue weighted by Crippen LogP contribution is 2.24. The Balaban J connectivity index is 1.89. The van der Waals surface area contributed by atoms with Crippen molar-refractivity contribution in [2.45, 2.75) is 6.54 Å². The van der Waals surface area contributed by atoms with Gasteiger partial charge in [0.25, 0.3) is 0 Å². The molecule has 0 aliphatic carbocycles. The minimum absolute atomic E-state index is 0.292. The second-order valence-electron chi connectivity index (χ2n) is 4.83. The van der Waals surface area contributed by atoms with Crippen molar-refractivity contribution in [3.8, 4) is 11.4 Å². The normalized spacial score (nSPS) is 12.5. The zero-order chi connectivity index (χ0) is 15.5. The fourth-order valence-corrected chi connectivity index (χ4v) is 2.67. The molecule has 0 radical (unpaired) electrons. The summed E-state index contributed by atoms with van der Waals surface area (Å²) in [5, 5.41) is 1.10. The molecule has 3 aromatic rings. The van der Waals surface area contributed by atoms with Gasteiger partial charge >= 0.3 is 0 Å². The van der Waals surface area contributed by atoms with Crippen molar-refractivity contribution < 1.29 is 13.5 Å². The Bertz CT molecular complexity index is 812. The molecular formula is C16H15N2O3S-. The van der Waals surface area contributed by atoms with Crippen LogP contribution in [0.25, 0.3) is 16.6 Å². The molecule has 1 N–H and O–H groups in total. The van der Waals surface area contributed by atoms with Gasteiger partial charge in [0.05, 0.1) is 12.6 Å². The van der Waals surface area contributed by atoms with E-state index in [-0.39, 0.29) is 0 Å². The average Bonchev–Trinajstić information content (AvgIpc) is 2.96. The minimum atomic E-state index is -2.24. The molecule has 114 valence electrons. The molecule has 0 fully saturated rings. The Morgan fingerprint density at radius 3 is 2.64 bits per heavy atom. The molecule has 0 bridgehead atoms. The lowest BCUT2D eigenvalue weighted by atomic mass is 10.2. The number of hydrogen-bond acceptors (Lipinski definition) is 3. The maximum Gasteiger partial charge on any atom is 0.119 e. The smallest absolute Gasteiger partial charge is 0.119 e. The first-order valence-corrected chi connectivity index (χ1v) is 7.82. The third kappa shape index (κ3) is 3.04. The summed E-state index contributed by atoms with van der Waals surface area (Å²) in [4.78, 5) is 0. The van der Waals surface area contributed by atoms with Gasteiger partial charge < -0.3 is 13.9 Å². The van der Waals surface area contributed by atoms with E-state index in [1.165, 1.54) is 0 Å². The van der Waals surface area contributed by atoms with E-state index < -0.39 is 11.3 Å². The van der Waals surface area contributed by atoms with Crippen molar-refractivity contribution in [2.75, 3.05) is 7.11 Å². The summed E-state index contributed by atoms with van der Waals surface area (Å²) >= 11 is -2.24. The lowest BCUT2D eigenvalue weighted by molar-refractivity contribution is 0.415. The molecule has 2 aromatic carbocycles. The summed E-state index contributed by atoms with van der Waals surface area (Å²) in [5.41, 5.74) is 3.02. The second-order valence-corrected chi connectivity index (χ2v) is 5.59. The third-order valence-corrected chi connectivity index (χ3v) is 3.89. The van der Waals surface area contributed by atoms with Crippen molar-refractivity contribution in [1.82, 2.24) is 9.29 Å². The van der Waals surface area contributed by atoms with Gasteiger partial charge in [-0.1, -0.05) is 12.1 Å². The maximum atomic E-state index is 10.5. The predicted octanol–water partition coefficient (Wildman–Crippen LogP) is 2.52. The molecular weight excluding hydrogens is 300 g/mol. The van der Waals surface area contributed by atoms with E-state index >= 15 is 0 Å². The van der Waals surface area contributed by atoms with Crippen molar-refractivity contribution in [3.63, 3.8) is 0 Å². The number of rotatable bonds is 5. The SMILES string of the molecule is COc1ccc2c(ccn2-c2ccc(CNS(=O)[O-])cc2)c1. The Kier molecular flexibility index (Phi) is 4.24. The van der Waals surface area contributed by atoms with Crippen LogP contribution in [-0.4, -0.2) is 20.4 Å². The molecule has 1 unspecified atom stereocenters. The molecule has 3 rings (SSSR count). The van der Waals surface area contributed by atoms with Crippen LogP contribution in [0, 0.1) is 0 Å². The van der Waals surface area contributed by atoms with Gasteiger partial charge in [-0.3, -0.25) is 4.21 Å². The molecule has 5 nitrogen and oxygen atoms in total. The van der Waals surface area contributed by atoms with Crippen LogP contribution in [0.15, 0.2) is 54.7 Å². The first-order chi connectivity index (χ1) is 10.7. The molecule has 22 heavy (non-hydrogen) atoms. The maximum absolute atomic E-state index is 10.5. The van der Waals surface area contributed by atoms with Crippen molar-refractivity contribution in [2.24, 2.45) is 0 Å². The monoisotopic (exact) mass is 315 g/mol. The molecule has 6 heteroatoms. The Morgan fingerprint density at radius 1 is 1.18 bits per heavy atom. The Morgan fingerprint density at radius 2 is 1.95 bits per heavy atom. The molecule has 0 amide bonds. The Labute approximate surface area is 130 Å². The lowest BCUT2D eigenvalue weighted by Crippen LogP contribution is -2.15. The van der Waals surface area contributed by atoms with Crippen LogP contribution in [0.4, 0.5) is 0 Å². The summed E-state index contributed by atoms with van der Waals surface area (Å²) in [6, 6.07) is 15.7. The van der Waals surface area contributed by atoms with Crippen molar-refractivity contribution in [3.05, 3.63) is 60.3 Å². The molecule has 0 aliphatic heterocycles. The summed E-state index contributed by atoms with van der Waals surface area (Å²) in [5.74, 6) is 0.831. The third-order valence-electron chi connectivity index (χ3n) is 3.51. The minimum Gasteiger partial charge on any atom is -0.760 e. The van der Waals surface area contributed by atoms with Crippen molar-refractivity contribution in [1.29, 1.82) is 0 Å². The van der Waals surface area contributed by atoms with Gasteiger partial charge in [-0.05, 0) is 42.0 Å². The van der Waals surface area contributed by atoms with Gasteiger partial charge in [0, 0.05) is 35.1 Å². The zero-order valence-electron chi connectivity index (χ0n) is 12.0. The van der Waals surface area contributed by atoms with Crippen molar-refractivity contribution >= 4 is 22.2 Å². The van der Waals surface area contributed by atoms with Crippen LogP contribution in [0.3, 0.4) is 0 Å². The number of benzene rings is 2. The van der Waals surface area contributed by atoms with Gasteiger partial charge in [0.15, 0.2) is 0 Å². The Hall–Kier alpha value is -2.15. The molecule has 0 aliphatic rings. The van der Waals surface area contributed by atoms with E-state index in [1.807, 2.05) is 54.7 Å². The number of fused-ring (bicyclic) bond motifs is 1. The average molecular weight is 315 g/mol. The van der Waals surface area contributed by atoms with Gasteiger partial charge in [-0.25, -0.2) is 4.72 Å². The van der Waals surface area contributed by atoms with Crippen LogP contribution in [0.1, 0.15) is 5.56 Å². The van der Waals surface area contributed by atoms with Crippen LogP contribution in [0.2, 0.25) is 0 Å². The van der Waals surface area contributed by atoms with E-state index in [0.717, 1.165) is 27.9 Å². The highest BCUT2D eigenvalue weighted by molar-refractivity contribution is 7.77. The molecule has 1 aromatic heterocycles. The van der Waals surface area contributed by atoms with E-state index in [4.69, 9.17) is 4.74 Å². The van der Waals surface area contributed by atoms with Crippen LogP contribution in [0.5, 0.6) is 5.75 Å². The topological polar surface area (TPSA) is 66.3 Å². The highest BCUT2D eigenvalue weighted by atomic mass is 32.2. The summed E-state index contributed by atoms with van der Waals surface area (Å²) in [6.07, 6.45) is 2.00. The first kappa shape index (κ1) is 14.8. The molecule has 1 heterocycles. The molecule has 0 saturated carbocycles. The predicted molar refractivity (Wildman–Crippen MR) is 85.6 cm³/mol.